The monoisotopic (exact) mass is 221 g/mol. The van der Waals surface area contributed by atoms with Crippen molar-refractivity contribution in [3.8, 4) is 16.9 Å². The van der Waals surface area contributed by atoms with Crippen LogP contribution in [0.25, 0.3) is 22.0 Å². The number of rotatable bonds is 1. The van der Waals surface area contributed by atoms with Crippen LogP contribution in [0.5, 0.6) is 5.75 Å². The van der Waals surface area contributed by atoms with Crippen molar-refractivity contribution >= 4 is 10.9 Å². The summed E-state index contributed by atoms with van der Waals surface area (Å²) in [6, 6.07) is 17.5. The minimum absolute atomic E-state index is 0.222. The molecule has 0 aliphatic heterocycles. The summed E-state index contributed by atoms with van der Waals surface area (Å²) in [5.74, 6) is 0.222. The fraction of sp³-hybridized carbons (Fsp3) is 0. The normalized spacial score (nSPS) is 10.6. The highest BCUT2D eigenvalue weighted by Crippen LogP contribution is 2.30. The van der Waals surface area contributed by atoms with Crippen LogP contribution >= 0.6 is 0 Å². The van der Waals surface area contributed by atoms with Gasteiger partial charge in [-0.2, -0.15) is 0 Å². The summed E-state index contributed by atoms with van der Waals surface area (Å²) in [6.45, 7) is 0. The van der Waals surface area contributed by atoms with E-state index in [2.05, 4.69) is 17.1 Å². The summed E-state index contributed by atoms with van der Waals surface area (Å²) < 4.78 is 0. The van der Waals surface area contributed by atoms with E-state index in [1.807, 2.05) is 36.4 Å². The Morgan fingerprint density at radius 1 is 0.824 bits per heavy atom. The average molecular weight is 221 g/mol. The van der Waals surface area contributed by atoms with Crippen molar-refractivity contribution in [3.05, 3.63) is 60.8 Å². The Balaban J connectivity index is 2.35. The number of fused-ring (bicyclic) bond motifs is 1. The molecule has 1 N–H and O–H groups in total. The molecule has 0 unspecified atom stereocenters. The lowest BCUT2D eigenvalue weighted by Crippen LogP contribution is -1.84. The summed E-state index contributed by atoms with van der Waals surface area (Å²) in [4.78, 5) is 4.22. The average Bonchev–Trinajstić information content (AvgIpc) is 2.40. The van der Waals surface area contributed by atoms with Crippen LogP contribution in [-0.2, 0) is 0 Å². The smallest absolute Gasteiger partial charge is 0.141 e. The summed E-state index contributed by atoms with van der Waals surface area (Å²) >= 11 is 0. The molecule has 2 heteroatoms. The number of phenolic OH excluding ortho intramolecular Hbond substituents is 1. The van der Waals surface area contributed by atoms with Crippen LogP contribution in [0.15, 0.2) is 60.8 Å². The van der Waals surface area contributed by atoms with Crippen LogP contribution in [0.3, 0.4) is 0 Å². The molecule has 0 amide bonds. The Hall–Kier alpha value is -2.35. The molecule has 3 aromatic rings. The van der Waals surface area contributed by atoms with Crippen LogP contribution in [0.1, 0.15) is 0 Å². The van der Waals surface area contributed by atoms with Gasteiger partial charge in [-0.05, 0) is 23.3 Å². The van der Waals surface area contributed by atoms with E-state index in [4.69, 9.17) is 0 Å². The predicted molar refractivity (Wildman–Crippen MR) is 68.8 cm³/mol. The van der Waals surface area contributed by atoms with Crippen molar-refractivity contribution in [1.82, 2.24) is 4.98 Å². The van der Waals surface area contributed by atoms with Gasteiger partial charge < -0.3 is 5.11 Å². The van der Waals surface area contributed by atoms with Gasteiger partial charge in [0.05, 0.1) is 0 Å². The molecule has 2 aromatic carbocycles. The lowest BCUT2D eigenvalue weighted by molar-refractivity contribution is 0.480. The first-order chi connectivity index (χ1) is 8.36. The van der Waals surface area contributed by atoms with Crippen LogP contribution < -0.4 is 0 Å². The highest BCUT2D eigenvalue weighted by atomic mass is 16.3. The number of nitrogens with zero attached hydrogens (tertiary/aromatic N) is 1. The molecule has 1 aromatic heterocycles. The summed E-state index contributed by atoms with van der Waals surface area (Å²) in [6.07, 6.45) is 1.73. The molecule has 0 bridgehead atoms. The van der Waals surface area contributed by atoms with Crippen molar-refractivity contribution in [2.24, 2.45) is 0 Å². The summed E-state index contributed by atoms with van der Waals surface area (Å²) in [5, 5.41) is 10.8. The highest BCUT2D eigenvalue weighted by molar-refractivity contribution is 5.96. The van der Waals surface area contributed by atoms with Gasteiger partial charge in [0.1, 0.15) is 11.3 Å². The standard InChI is InChI=1S/C15H11NO/c17-14-8-4-7-13-12(9-10-16-15(13)14)11-5-2-1-3-6-11/h1-10,17H. The number of hydrogen-bond donors (Lipinski definition) is 1. The SMILES string of the molecule is Oc1cccc2c(-c3ccccc3)ccnc12. The van der Waals surface area contributed by atoms with E-state index in [0.29, 0.717) is 5.52 Å². The highest BCUT2D eigenvalue weighted by Gasteiger charge is 2.06. The van der Waals surface area contributed by atoms with Crippen molar-refractivity contribution in [2.45, 2.75) is 0 Å². The van der Waals surface area contributed by atoms with Crippen molar-refractivity contribution in [2.75, 3.05) is 0 Å². The molecule has 0 aliphatic carbocycles. The van der Waals surface area contributed by atoms with Gasteiger partial charge >= 0.3 is 0 Å². The molecule has 0 aliphatic rings. The van der Waals surface area contributed by atoms with E-state index in [0.717, 1.165) is 16.5 Å². The van der Waals surface area contributed by atoms with Crippen molar-refractivity contribution in [3.63, 3.8) is 0 Å². The van der Waals surface area contributed by atoms with E-state index in [-0.39, 0.29) is 5.75 Å². The van der Waals surface area contributed by atoms with Gasteiger partial charge in [-0.25, -0.2) is 0 Å². The topological polar surface area (TPSA) is 33.1 Å². The second-order valence-corrected chi connectivity index (χ2v) is 3.90. The second kappa shape index (κ2) is 3.91. The molecule has 82 valence electrons. The lowest BCUT2D eigenvalue weighted by atomic mass is 10.0. The van der Waals surface area contributed by atoms with E-state index in [1.54, 1.807) is 12.3 Å². The molecule has 0 saturated carbocycles. The minimum atomic E-state index is 0.222. The minimum Gasteiger partial charge on any atom is -0.506 e. The first-order valence-corrected chi connectivity index (χ1v) is 5.48. The number of para-hydroxylation sites is 1. The van der Waals surface area contributed by atoms with E-state index in [1.165, 1.54) is 0 Å². The Kier molecular flexibility index (Phi) is 2.26. The van der Waals surface area contributed by atoms with Crippen LogP contribution in [0.2, 0.25) is 0 Å². The van der Waals surface area contributed by atoms with Crippen LogP contribution in [0.4, 0.5) is 0 Å². The van der Waals surface area contributed by atoms with Crippen LogP contribution in [0, 0.1) is 0 Å². The third-order valence-corrected chi connectivity index (χ3v) is 2.83. The Bertz CT molecular complexity index is 662. The van der Waals surface area contributed by atoms with Crippen molar-refractivity contribution in [1.29, 1.82) is 0 Å². The Morgan fingerprint density at radius 3 is 2.47 bits per heavy atom. The number of pyridine rings is 1. The number of phenols is 1. The van der Waals surface area contributed by atoms with Gasteiger partial charge in [0.25, 0.3) is 0 Å². The van der Waals surface area contributed by atoms with Gasteiger partial charge in [0, 0.05) is 11.6 Å². The third kappa shape index (κ3) is 1.64. The summed E-state index contributed by atoms with van der Waals surface area (Å²) in [7, 11) is 0. The Labute approximate surface area is 99.2 Å². The molecule has 2 nitrogen and oxygen atoms in total. The van der Waals surface area contributed by atoms with Crippen LogP contribution in [-0.4, -0.2) is 10.1 Å². The lowest BCUT2D eigenvalue weighted by Gasteiger charge is -2.06. The fourth-order valence-electron chi connectivity index (χ4n) is 2.03. The maximum absolute atomic E-state index is 9.78. The van der Waals surface area contributed by atoms with Gasteiger partial charge in [-0.3, -0.25) is 4.98 Å². The number of benzene rings is 2. The number of aromatic hydroxyl groups is 1. The molecule has 0 fully saturated rings. The van der Waals surface area contributed by atoms with E-state index >= 15 is 0 Å². The second-order valence-electron chi connectivity index (χ2n) is 3.90. The van der Waals surface area contributed by atoms with Gasteiger partial charge in [-0.15, -0.1) is 0 Å². The van der Waals surface area contributed by atoms with Gasteiger partial charge in [-0.1, -0.05) is 42.5 Å². The van der Waals surface area contributed by atoms with E-state index < -0.39 is 0 Å². The molecule has 0 spiro atoms. The quantitative estimate of drug-likeness (QED) is 0.681. The zero-order valence-electron chi connectivity index (χ0n) is 9.17. The van der Waals surface area contributed by atoms with Gasteiger partial charge in [0.15, 0.2) is 0 Å². The molecular formula is C15H11NO. The molecule has 17 heavy (non-hydrogen) atoms. The first kappa shape index (κ1) is 9.85. The molecule has 0 saturated heterocycles. The maximum atomic E-state index is 9.78. The first-order valence-electron chi connectivity index (χ1n) is 5.48. The molecular weight excluding hydrogens is 210 g/mol. The largest absolute Gasteiger partial charge is 0.506 e. The van der Waals surface area contributed by atoms with Crippen molar-refractivity contribution < 1.29 is 5.11 Å². The molecule has 0 atom stereocenters. The zero-order chi connectivity index (χ0) is 11.7. The number of aromatic nitrogens is 1. The maximum Gasteiger partial charge on any atom is 0.141 e. The summed E-state index contributed by atoms with van der Waals surface area (Å²) in [5.41, 5.74) is 2.87. The predicted octanol–water partition coefficient (Wildman–Crippen LogP) is 3.61. The fourth-order valence-corrected chi connectivity index (χ4v) is 2.03. The molecule has 0 radical (unpaired) electrons. The van der Waals surface area contributed by atoms with Gasteiger partial charge in [0.2, 0.25) is 0 Å². The van der Waals surface area contributed by atoms with E-state index in [9.17, 15) is 5.11 Å². The third-order valence-electron chi connectivity index (χ3n) is 2.83. The number of hydrogen-bond acceptors (Lipinski definition) is 2. The zero-order valence-corrected chi connectivity index (χ0v) is 9.17. The molecule has 3 rings (SSSR count). The molecule has 1 heterocycles. The Morgan fingerprint density at radius 2 is 1.65 bits per heavy atom.